The molecule has 86 valence electrons. The van der Waals surface area contributed by atoms with Crippen LogP contribution in [0.2, 0.25) is 6.04 Å². The molecular formula is C14H26Si. The Morgan fingerprint density at radius 2 is 1.67 bits per heavy atom. The van der Waals surface area contributed by atoms with Crippen molar-refractivity contribution in [3.05, 3.63) is 22.5 Å². The van der Waals surface area contributed by atoms with Crippen LogP contribution in [0.3, 0.4) is 0 Å². The molecule has 1 atom stereocenters. The fraction of sp³-hybridized carbons (Fsp3) is 0.714. The highest BCUT2D eigenvalue weighted by molar-refractivity contribution is 6.72. The van der Waals surface area contributed by atoms with Gasteiger partial charge in [-0.05, 0) is 13.8 Å². The zero-order valence-electron chi connectivity index (χ0n) is 10.7. The van der Waals surface area contributed by atoms with Crippen molar-refractivity contribution < 1.29 is 0 Å². The largest absolute Gasteiger partial charge is 0.0930 e. The van der Waals surface area contributed by atoms with Crippen molar-refractivity contribution in [3.63, 3.8) is 0 Å². The average Bonchev–Trinajstić information content (AvgIpc) is 2.54. The number of allylic oxidation sites excluding steroid dienone is 3. The van der Waals surface area contributed by atoms with Gasteiger partial charge in [0, 0.05) is 0 Å². The molecule has 0 aliphatic carbocycles. The molecule has 0 aromatic carbocycles. The van der Waals surface area contributed by atoms with Crippen LogP contribution in [0.25, 0.3) is 0 Å². The van der Waals surface area contributed by atoms with Gasteiger partial charge in [0.1, 0.15) is 0 Å². The highest BCUT2D eigenvalue weighted by atomic mass is 28.3. The van der Waals surface area contributed by atoms with Crippen molar-refractivity contribution in [3.8, 4) is 0 Å². The Balaban J connectivity index is 2.04. The van der Waals surface area contributed by atoms with Gasteiger partial charge < -0.3 is 0 Å². The van der Waals surface area contributed by atoms with E-state index in [1.165, 1.54) is 44.6 Å². The molecular weight excluding hydrogens is 196 g/mol. The van der Waals surface area contributed by atoms with Crippen LogP contribution < -0.4 is 0 Å². The lowest BCUT2D eigenvalue weighted by atomic mass is 10.1. The predicted octanol–water partition coefficient (Wildman–Crippen LogP) is 4.56. The fourth-order valence-corrected chi connectivity index (χ4v) is 5.13. The minimum atomic E-state index is -0.593. The first-order valence-electron chi connectivity index (χ1n) is 6.61. The first-order chi connectivity index (χ1) is 7.25. The van der Waals surface area contributed by atoms with Crippen LogP contribution >= 0.6 is 0 Å². The molecule has 0 amide bonds. The highest BCUT2D eigenvalue weighted by Crippen LogP contribution is 2.22. The average molecular weight is 222 g/mol. The maximum absolute atomic E-state index is 2.52. The van der Waals surface area contributed by atoms with Gasteiger partial charge in [0.2, 0.25) is 0 Å². The molecule has 1 aliphatic heterocycles. The second-order valence-corrected chi connectivity index (χ2v) is 7.93. The summed E-state index contributed by atoms with van der Waals surface area (Å²) in [6.07, 6.45) is 11.0. The topological polar surface area (TPSA) is 0 Å². The molecule has 15 heavy (non-hydrogen) atoms. The van der Waals surface area contributed by atoms with Crippen LogP contribution in [0, 0.1) is 0 Å². The molecule has 0 aromatic rings. The molecule has 0 bridgehead atoms. The third-order valence-corrected chi connectivity index (χ3v) is 6.88. The lowest BCUT2D eigenvalue weighted by molar-refractivity contribution is 0.623. The molecule has 0 saturated carbocycles. The Labute approximate surface area is 97.1 Å². The van der Waals surface area contributed by atoms with Crippen molar-refractivity contribution >= 4 is 8.80 Å². The summed E-state index contributed by atoms with van der Waals surface area (Å²) in [6, 6.07) is 1.51. The first kappa shape index (κ1) is 12.8. The van der Waals surface area contributed by atoms with Crippen molar-refractivity contribution in [1.29, 1.82) is 0 Å². The maximum atomic E-state index is 2.52. The zero-order valence-corrected chi connectivity index (χ0v) is 11.8. The van der Waals surface area contributed by atoms with E-state index in [-0.39, 0.29) is 0 Å². The number of hydrogen-bond acceptors (Lipinski definition) is 0. The number of rotatable bonds is 7. The third-order valence-electron chi connectivity index (χ3n) is 3.63. The highest BCUT2D eigenvalue weighted by Gasteiger charge is 2.14. The Morgan fingerprint density at radius 3 is 2.27 bits per heavy atom. The van der Waals surface area contributed by atoms with Crippen LogP contribution in [0.15, 0.2) is 22.5 Å². The smallest absolute Gasteiger partial charge is 0.0888 e. The summed E-state index contributed by atoms with van der Waals surface area (Å²) in [7, 11) is -0.593. The van der Waals surface area contributed by atoms with Gasteiger partial charge in [0.05, 0.1) is 8.80 Å². The van der Waals surface area contributed by atoms with E-state index in [0.717, 1.165) is 0 Å². The van der Waals surface area contributed by atoms with Gasteiger partial charge >= 0.3 is 0 Å². The molecule has 0 aromatic heterocycles. The molecule has 1 unspecified atom stereocenters. The van der Waals surface area contributed by atoms with E-state index < -0.39 is 8.80 Å². The minimum absolute atomic E-state index is 0.593. The van der Waals surface area contributed by atoms with Gasteiger partial charge in [-0.1, -0.05) is 74.0 Å². The number of unbranched alkanes of at least 4 members (excludes halogenated alkanes) is 5. The molecule has 0 saturated heterocycles. The van der Waals surface area contributed by atoms with Crippen molar-refractivity contribution in [2.75, 3.05) is 0 Å². The monoisotopic (exact) mass is 222 g/mol. The summed E-state index contributed by atoms with van der Waals surface area (Å²) < 4.78 is 0. The molecule has 1 heteroatoms. The van der Waals surface area contributed by atoms with Crippen molar-refractivity contribution in [2.45, 2.75) is 65.3 Å². The Morgan fingerprint density at radius 1 is 1.00 bits per heavy atom. The van der Waals surface area contributed by atoms with Crippen LogP contribution in [0.1, 0.15) is 59.3 Å². The van der Waals surface area contributed by atoms with Crippen LogP contribution in [0.5, 0.6) is 0 Å². The van der Waals surface area contributed by atoms with Gasteiger partial charge in [-0.3, -0.25) is 0 Å². The Hall–Kier alpha value is -0.303. The van der Waals surface area contributed by atoms with Gasteiger partial charge in [-0.15, -0.1) is 0 Å². The molecule has 0 radical (unpaired) electrons. The summed E-state index contributed by atoms with van der Waals surface area (Å²) in [5.41, 5.74) is 4.08. The third kappa shape index (κ3) is 4.37. The summed E-state index contributed by atoms with van der Waals surface area (Å²) >= 11 is 0. The van der Waals surface area contributed by atoms with Gasteiger partial charge in [0.25, 0.3) is 0 Å². The summed E-state index contributed by atoms with van der Waals surface area (Å²) in [5, 5.41) is 1.74. The standard InChI is InChI=1S/C14H26Si/c1-4-5-6-7-8-9-11-15-12-10-13(2)14(15)3/h10,12,15H,4-9,11H2,1-3H3. The first-order valence-corrected chi connectivity index (χ1v) is 8.67. The normalized spacial score (nSPS) is 20.3. The Bertz CT molecular complexity index is 238. The molecule has 0 fully saturated rings. The summed E-state index contributed by atoms with van der Waals surface area (Å²) in [4.78, 5) is 0. The van der Waals surface area contributed by atoms with Gasteiger partial charge in [-0.25, -0.2) is 0 Å². The summed E-state index contributed by atoms with van der Waals surface area (Å²) in [5.74, 6) is 0. The lowest BCUT2D eigenvalue weighted by Gasteiger charge is -2.08. The van der Waals surface area contributed by atoms with Crippen LogP contribution in [-0.4, -0.2) is 8.80 Å². The van der Waals surface area contributed by atoms with E-state index in [1.807, 2.05) is 0 Å². The van der Waals surface area contributed by atoms with E-state index in [1.54, 1.807) is 10.8 Å². The van der Waals surface area contributed by atoms with Crippen LogP contribution in [-0.2, 0) is 0 Å². The quantitative estimate of drug-likeness (QED) is 0.437. The molecule has 1 heterocycles. The molecule has 1 aliphatic rings. The van der Waals surface area contributed by atoms with Crippen LogP contribution in [0.4, 0.5) is 0 Å². The van der Waals surface area contributed by atoms with E-state index in [0.29, 0.717) is 0 Å². The predicted molar refractivity (Wildman–Crippen MR) is 72.8 cm³/mol. The summed E-state index contributed by atoms with van der Waals surface area (Å²) in [6.45, 7) is 6.90. The second-order valence-electron chi connectivity index (χ2n) is 4.89. The maximum Gasteiger partial charge on any atom is 0.0888 e. The minimum Gasteiger partial charge on any atom is -0.0930 e. The van der Waals surface area contributed by atoms with Gasteiger partial charge in [0.15, 0.2) is 0 Å². The number of hydrogen-bond donors (Lipinski definition) is 0. The van der Waals surface area contributed by atoms with Gasteiger partial charge in [-0.2, -0.15) is 0 Å². The zero-order chi connectivity index (χ0) is 11.1. The lowest BCUT2D eigenvalue weighted by Crippen LogP contribution is -2.08. The second kappa shape index (κ2) is 7.05. The molecule has 0 nitrogen and oxygen atoms in total. The fourth-order valence-electron chi connectivity index (χ4n) is 2.29. The van der Waals surface area contributed by atoms with E-state index in [9.17, 15) is 0 Å². The Kier molecular flexibility index (Phi) is 6.00. The molecule has 1 rings (SSSR count). The van der Waals surface area contributed by atoms with E-state index >= 15 is 0 Å². The SMILES string of the molecule is CCCCCCCC[SiH]1C=CC(C)=C1C. The molecule has 0 spiro atoms. The van der Waals surface area contributed by atoms with Crippen molar-refractivity contribution in [1.82, 2.24) is 0 Å². The molecule has 0 N–H and O–H groups in total. The van der Waals surface area contributed by atoms with E-state index in [4.69, 9.17) is 0 Å². The van der Waals surface area contributed by atoms with Crippen molar-refractivity contribution in [2.24, 2.45) is 0 Å². The van der Waals surface area contributed by atoms with E-state index in [2.05, 4.69) is 32.5 Å².